The predicted octanol–water partition coefficient (Wildman–Crippen LogP) is 0.826. The normalized spacial score (nSPS) is 33.3. The number of piperidine rings is 1. The van der Waals surface area contributed by atoms with Crippen LogP contribution >= 0.6 is 11.6 Å². The first-order valence-corrected chi connectivity index (χ1v) is 8.93. The van der Waals surface area contributed by atoms with Gasteiger partial charge in [0.1, 0.15) is 0 Å². The number of halogens is 1. The molecule has 4 atom stereocenters. The van der Waals surface area contributed by atoms with E-state index in [-0.39, 0.29) is 6.04 Å². The molecule has 0 amide bonds. The summed E-state index contributed by atoms with van der Waals surface area (Å²) in [6.45, 7) is 0. The number of sulfonamides is 1. The smallest absolute Gasteiger partial charge is 0.240 e. The molecule has 0 saturated carbocycles. The standard InChI is InChI=1S/C14H19ClN2O2S/c1-17-12-4-5-13(17)9-11(8-12)16-20(18,19)14-6-2-10(15)3-7-14/h2-3,6-7,11-13,16H,4-5,8-9H2,1H3/p+1/t11?,12-,13+. The van der Waals surface area contributed by atoms with Crippen LogP contribution in [0.4, 0.5) is 0 Å². The van der Waals surface area contributed by atoms with Gasteiger partial charge in [-0.3, -0.25) is 0 Å². The molecule has 110 valence electrons. The maximum absolute atomic E-state index is 12.4. The third-order valence-electron chi connectivity index (χ3n) is 4.74. The Morgan fingerprint density at radius 3 is 2.25 bits per heavy atom. The molecule has 2 aliphatic rings. The van der Waals surface area contributed by atoms with Crippen LogP contribution in [0.25, 0.3) is 0 Å². The molecule has 2 aliphatic heterocycles. The van der Waals surface area contributed by atoms with Gasteiger partial charge in [-0.25, -0.2) is 13.1 Å². The van der Waals surface area contributed by atoms with Crippen molar-refractivity contribution in [1.82, 2.24) is 4.72 Å². The number of hydrogen-bond donors (Lipinski definition) is 2. The number of nitrogens with one attached hydrogen (secondary N) is 2. The molecule has 0 aliphatic carbocycles. The van der Waals surface area contributed by atoms with E-state index in [1.807, 2.05) is 0 Å². The summed E-state index contributed by atoms with van der Waals surface area (Å²) in [4.78, 5) is 1.87. The van der Waals surface area contributed by atoms with Gasteiger partial charge in [0.2, 0.25) is 10.0 Å². The molecule has 20 heavy (non-hydrogen) atoms. The lowest BCUT2D eigenvalue weighted by atomic mass is 9.99. The fraction of sp³-hybridized carbons (Fsp3) is 0.571. The summed E-state index contributed by atoms with van der Waals surface area (Å²) in [5.74, 6) is 0. The fourth-order valence-corrected chi connectivity index (χ4v) is 4.97. The Labute approximate surface area is 125 Å². The lowest BCUT2D eigenvalue weighted by Crippen LogP contribution is -3.15. The second-order valence-electron chi connectivity index (χ2n) is 5.96. The van der Waals surface area contributed by atoms with Crippen molar-refractivity contribution in [2.24, 2.45) is 0 Å². The van der Waals surface area contributed by atoms with E-state index in [1.165, 1.54) is 12.8 Å². The van der Waals surface area contributed by atoms with Gasteiger partial charge in [0, 0.05) is 36.7 Å². The van der Waals surface area contributed by atoms with Gasteiger partial charge in [-0.1, -0.05) is 11.6 Å². The molecule has 2 saturated heterocycles. The minimum atomic E-state index is -3.43. The average Bonchev–Trinajstić information content (AvgIpc) is 2.62. The third kappa shape index (κ3) is 2.72. The van der Waals surface area contributed by atoms with E-state index in [2.05, 4.69) is 11.8 Å². The molecule has 2 heterocycles. The Hall–Kier alpha value is -0.620. The Bertz CT molecular complexity index is 574. The predicted molar refractivity (Wildman–Crippen MR) is 78.5 cm³/mol. The molecule has 6 heteroatoms. The summed E-state index contributed by atoms with van der Waals surface area (Å²) < 4.78 is 27.6. The monoisotopic (exact) mass is 315 g/mol. The number of fused-ring (bicyclic) bond motifs is 2. The molecule has 0 spiro atoms. The van der Waals surface area contributed by atoms with Gasteiger partial charge in [-0.2, -0.15) is 0 Å². The molecule has 1 aromatic carbocycles. The minimum absolute atomic E-state index is 0.0666. The number of rotatable bonds is 3. The van der Waals surface area contributed by atoms with Crippen molar-refractivity contribution < 1.29 is 13.3 Å². The Kier molecular flexibility index (Phi) is 3.79. The van der Waals surface area contributed by atoms with Gasteiger partial charge in [0.15, 0.2) is 0 Å². The van der Waals surface area contributed by atoms with Crippen LogP contribution in [0.15, 0.2) is 29.2 Å². The molecule has 0 aromatic heterocycles. The number of quaternary nitrogens is 1. The van der Waals surface area contributed by atoms with Crippen molar-refractivity contribution in [2.45, 2.75) is 48.7 Å². The highest BCUT2D eigenvalue weighted by molar-refractivity contribution is 7.89. The molecule has 2 bridgehead atoms. The molecule has 0 radical (unpaired) electrons. The van der Waals surface area contributed by atoms with Gasteiger partial charge in [0.05, 0.1) is 24.0 Å². The van der Waals surface area contributed by atoms with E-state index in [4.69, 9.17) is 11.6 Å². The van der Waals surface area contributed by atoms with Crippen molar-refractivity contribution in [3.05, 3.63) is 29.3 Å². The molecule has 2 fully saturated rings. The highest BCUT2D eigenvalue weighted by atomic mass is 35.5. The minimum Gasteiger partial charge on any atom is -0.332 e. The molecule has 2 unspecified atom stereocenters. The molecule has 1 aromatic rings. The van der Waals surface area contributed by atoms with Gasteiger partial charge < -0.3 is 4.90 Å². The van der Waals surface area contributed by atoms with E-state index < -0.39 is 10.0 Å². The second-order valence-corrected chi connectivity index (χ2v) is 8.11. The van der Waals surface area contributed by atoms with Crippen LogP contribution in [0, 0.1) is 0 Å². The molecule has 4 nitrogen and oxygen atoms in total. The lowest BCUT2D eigenvalue weighted by Gasteiger charge is -2.33. The third-order valence-corrected chi connectivity index (χ3v) is 6.52. The van der Waals surface area contributed by atoms with Crippen LogP contribution in [0.1, 0.15) is 25.7 Å². The van der Waals surface area contributed by atoms with Gasteiger partial charge in [0.25, 0.3) is 0 Å². The van der Waals surface area contributed by atoms with Gasteiger partial charge in [-0.05, 0) is 24.3 Å². The van der Waals surface area contributed by atoms with Crippen molar-refractivity contribution in [3.63, 3.8) is 0 Å². The zero-order chi connectivity index (χ0) is 14.3. The molecular weight excluding hydrogens is 296 g/mol. The van der Waals surface area contributed by atoms with Crippen LogP contribution in [0.3, 0.4) is 0 Å². The maximum Gasteiger partial charge on any atom is 0.240 e. The lowest BCUT2D eigenvalue weighted by molar-refractivity contribution is -0.922. The first-order valence-electron chi connectivity index (χ1n) is 7.07. The summed E-state index contributed by atoms with van der Waals surface area (Å²) in [6.07, 6.45) is 4.32. The van der Waals surface area contributed by atoms with Crippen LogP contribution in [-0.4, -0.2) is 33.6 Å². The summed E-state index contributed by atoms with van der Waals surface area (Å²) in [7, 11) is -1.20. The highest BCUT2D eigenvalue weighted by Gasteiger charge is 2.43. The Morgan fingerprint density at radius 1 is 1.15 bits per heavy atom. The Morgan fingerprint density at radius 2 is 1.70 bits per heavy atom. The number of hydrogen-bond acceptors (Lipinski definition) is 2. The fourth-order valence-electron chi connectivity index (χ4n) is 3.58. The Balaban J connectivity index is 1.73. The van der Waals surface area contributed by atoms with E-state index in [1.54, 1.807) is 29.2 Å². The van der Waals surface area contributed by atoms with Crippen molar-refractivity contribution in [2.75, 3.05) is 7.05 Å². The number of benzene rings is 1. The molecular formula is C14H20ClN2O2S+. The van der Waals surface area contributed by atoms with E-state index in [0.717, 1.165) is 12.8 Å². The zero-order valence-corrected chi connectivity index (χ0v) is 13.0. The summed E-state index contributed by atoms with van der Waals surface area (Å²) >= 11 is 5.80. The van der Waals surface area contributed by atoms with Gasteiger partial charge in [-0.15, -0.1) is 0 Å². The molecule has 3 rings (SSSR count). The van der Waals surface area contributed by atoms with Crippen molar-refractivity contribution in [3.8, 4) is 0 Å². The van der Waals surface area contributed by atoms with Gasteiger partial charge >= 0.3 is 0 Å². The average molecular weight is 316 g/mol. The first-order chi connectivity index (χ1) is 9.45. The highest BCUT2D eigenvalue weighted by Crippen LogP contribution is 2.24. The van der Waals surface area contributed by atoms with E-state index in [9.17, 15) is 8.42 Å². The summed E-state index contributed by atoms with van der Waals surface area (Å²) in [5.41, 5.74) is 0. The summed E-state index contributed by atoms with van der Waals surface area (Å²) in [6, 6.07) is 7.60. The maximum atomic E-state index is 12.4. The van der Waals surface area contributed by atoms with Crippen LogP contribution < -0.4 is 9.62 Å². The van der Waals surface area contributed by atoms with Crippen molar-refractivity contribution in [1.29, 1.82) is 0 Å². The SMILES string of the molecule is C[NH+]1[C@@H]2CC[C@H]1CC(NS(=O)(=O)c1ccc(Cl)cc1)C2. The van der Waals surface area contributed by atoms with Crippen LogP contribution in [-0.2, 0) is 10.0 Å². The van der Waals surface area contributed by atoms with Crippen LogP contribution in [0.5, 0.6) is 0 Å². The quantitative estimate of drug-likeness (QED) is 0.868. The topological polar surface area (TPSA) is 50.6 Å². The largest absolute Gasteiger partial charge is 0.332 e. The van der Waals surface area contributed by atoms with Crippen molar-refractivity contribution >= 4 is 21.6 Å². The second kappa shape index (κ2) is 5.30. The molecule has 2 N–H and O–H groups in total. The van der Waals surface area contributed by atoms with E-state index >= 15 is 0 Å². The summed E-state index contributed by atoms with van der Waals surface area (Å²) in [5, 5.41) is 0.546. The van der Waals surface area contributed by atoms with E-state index in [0.29, 0.717) is 22.0 Å². The first kappa shape index (κ1) is 14.3. The zero-order valence-electron chi connectivity index (χ0n) is 11.5. The van der Waals surface area contributed by atoms with Crippen LogP contribution in [0.2, 0.25) is 5.02 Å².